The Morgan fingerprint density at radius 1 is 0.988 bits per heavy atom. The summed E-state index contributed by atoms with van der Waals surface area (Å²) in [6.45, 7) is 10.8. The molecular formula is C60H80Br2Cl2FN5O13. The van der Waals surface area contributed by atoms with Crippen LogP contribution in [-0.2, 0) is 60.6 Å². The number of ether oxygens (including phenoxy) is 4. The molecule has 5 amide bonds. The number of ketones is 3. The average Bonchev–Trinajstić information content (AvgIpc) is 1.83. The fourth-order valence-electron chi connectivity index (χ4n) is 10.8. The van der Waals surface area contributed by atoms with Gasteiger partial charge in [0.05, 0.1) is 46.4 Å². The number of allylic oxidation sites excluding steroid dienone is 3. The maximum absolute atomic E-state index is 16.2. The number of aliphatic hydroxyl groups is 1. The van der Waals surface area contributed by atoms with Gasteiger partial charge in [-0.15, -0.1) is 0 Å². The summed E-state index contributed by atoms with van der Waals surface area (Å²) in [4.78, 5) is 108. The van der Waals surface area contributed by atoms with E-state index >= 15 is 4.39 Å². The number of methoxy groups -OCH3 is 1. The fraction of sp³-hybridized carbons (Fsp3) is 0.600. The first-order valence-electron chi connectivity index (χ1n) is 28.1. The molecule has 3 aliphatic heterocycles. The smallest absolute Gasteiger partial charge is 0.412 e. The Balaban J connectivity index is 1.33. The SMILES string of the molecule is CO[C@@H]1/C=C/C=C(\C)Cc2cc(C)c(Cl)c(c2)N(C)C(=O)C[C@H](OC(=O)Nc2cc(F)c(CC(=O)[C@H](CCCNC(N)=O)NC(=O)[C@@H](CC(=O)CCCCCCC(=O)C(CBr)CBr)C(C)C)cc2Cl)[C@]2(C)O[C@H]2[C@H](C)[C@@H]2C[C@@]1(O)CC(=O)O2. The molecule has 0 aromatic heterocycles. The van der Waals surface area contributed by atoms with Crippen LogP contribution in [0.2, 0.25) is 10.0 Å². The number of hydrogen-bond donors (Lipinski definition) is 5. The molecule has 9 atom stereocenters. The monoisotopic (exact) mass is 1330 g/mol. The number of benzene rings is 2. The number of rotatable bonds is 25. The lowest BCUT2D eigenvalue weighted by molar-refractivity contribution is -0.187. The molecular weight excluding hydrogens is 1250 g/mol. The summed E-state index contributed by atoms with van der Waals surface area (Å²) in [5.41, 5.74) is 4.68. The van der Waals surface area contributed by atoms with Crippen molar-refractivity contribution in [1.29, 1.82) is 0 Å². The molecule has 3 heterocycles. The van der Waals surface area contributed by atoms with E-state index in [0.717, 1.165) is 42.5 Å². The number of alkyl halides is 2. The minimum atomic E-state index is -1.66. The van der Waals surface area contributed by atoms with Gasteiger partial charge in [-0.25, -0.2) is 14.0 Å². The van der Waals surface area contributed by atoms with Crippen molar-refractivity contribution >= 4 is 114 Å². The number of urea groups is 1. The van der Waals surface area contributed by atoms with Gasteiger partial charge in [-0.2, -0.15) is 0 Å². The normalized spacial score (nSPS) is 24.6. The summed E-state index contributed by atoms with van der Waals surface area (Å²) in [6.07, 6.45) is 3.08. The van der Waals surface area contributed by atoms with Crippen LogP contribution in [0.1, 0.15) is 128 Å². The number of epoxide rings is 1. The van der Waals surface area contributed by atoms with E-state index in [-0.39, 0.29) is 84.7 Å². The van der Waals surface area contributed by atoms with Crippen LogP contribution >= 0.6 is 55.1 Å². The largest absolute Gasteiger partial charge is 0.462 e. The van der Waals surface area contributed by atoms with Gasteiger partial charge in [0.1, 0.15) is 46.9 Å². The van der Waals surface area contributed by atoms with Gasteiger partial charge < -0.3 is 45.3 Å². The summed E-state index contributed by atoms with van der Waals surface area (Å²) >= 11 is 20.3. The Kier molecular flexibility index (Phi) is 26.2. The number of aryl methyl sites for hydroxylation is 1. The Morgan fingerprint density at radius 2 is 1.67 bits per heavy atom. The lowest BCUT2D eigenvalue weighted by Crippen LogP contribution is -2.53. The molecule has 0 radical (unpaired) electrons. The molecule has 458 valence electrons. The van der Waals surface area contributed by atoms with Crippen LogP contribution < -0.4 is 26.6 Å². The number of hydrogen-bond acceptors (Lipinski definition) is 13. The van der Waals surface area contributed by atoms with Crippen molar-refractivity contribution in [3.05, 3.63) is 80.6 Å². The van der Waals surface area contributed by atoms with Crippen LogP contribution in [0.5, 0.6) is 0 Å². The molecule has 2 saturated heterocycles. The number of esters is 1. The van der Waals surface area contributed by atoms with Crippen LogP contribution in [0, 0.1) is 36.4 Å². The van der Waals surface area contributed by atoms with Gasteiger partial charge in [-0.3, -0.25) is 34.1 Å². The number of carbonyl (C=O) groups is 8. The molecule has 0 saturated carbocycles. The number of amides is 5. The van der Waals surface area contributed by atoms with Crippen molar-refractivity contribution < 1.29 is 66.8 Å². The number of fused-ring (bicyclic) bond motifs is 5. The van der Waals surface area contributed by atoms with E-state index < -0.39 is 108 Å². The quantitative estimate of drug-likeness (QED) is 0.0268. The Labute approximate surface area is 512 Å². The third-order valence-corrected chi connectivity index (χ3v) is 18.3. The van der Waals surface area contributed by atoms with Crippen molar-refractivity contribution in [2.45, 2.75) is 173 Å². The summed E-state index contributed by atoms with van der Waals surface area (Å²) < 4.78 is 40.0. The molecule has 83 heavy (non-hydrogen) atoms. The summed E-state index contributed by atoms with van der Waals surface area (Å²) in [7, 11) is 2.98. The Morgan fingerprint density at radius 3 is 2.33 bits per heavy atom. The van der Waals surface area contributed by atoms with Crippen molar-refractivity contribution in [2.75, 3.05) is 41.6 Å². The number of Topliss-reactive ketones (excluding diaryl/α,β-unsaturated/α-hetero) is 3. The van der Waals surface area contributed by atoms with Crippen LogP contribution in [0.4, 0.5) is 25.4 Å². The van der Waals surface area contributed by atoms with Gasteiger partial charge in [-0.1, -0.05) is 119 Å². The molecule has 5 rings (SSSR count). The number of nitrogens with two attached hydrogens (primary N) is 1. The highest BCUT2D eigenvalue weighted by Gasteiger charge is 2.64. The number of nitrogens with zero attached hydrogens (tertiary/aromatic N) is 1. The minimum Gasteiger partial charge on any atom is -0.462 e. The number of unbranched alkanes of at least 4 members (excludes halogenated alkanes) is 3. The first kappa shape index (κ1) is 69.0. The van der Waals surface area contributed by atoms with Gasteiger partial charge in [0.2, 0.25) is 11.8 Å². The zero-order valence-corrected chi connectivity index (χ0v) is 53.2. The Bertz CT molecular complexity index is 2770. The molecule has 3 aliphatic rings. The second-order valence-electron chi connectivity index (χ2n) is 22.8. The van der Waals surface area contributed by atoms with E-state index in [0.29, 0.717) is 46.2 Å². The van der Waals surface area contributed by atoms with Crippen molar-refractivity contribution in [2.24, 2.45) is 29.4 Å². The highest BCUT2D eigenvalue weighted by Crippen LogP contribution is 2.50. The van der Waals surface area contributed by atoms with E-state index in [4.69, 9.17) is 47.9 Å². The predicted octanol–water partition coefficient (Wildman–Crippen LogP) is 10.3. The first-order valence-corrected chi connectivity index (χ1v) is 31.1. The van der Waals surface area contributed by atoms with Crippen LogP contribution in [0.3, 0.4) is 0 Å². The van der Waals surface area contributed by atoms with E-state index in [1.54, 1.807) is 53.0 Å². The molecule has 0 spiro atoms. The molecule has 4 bridgehead atoms. The van der Waals surface area contributed by atoms with Crippen molar-refractivity contribution in [3.63, 3.8) is 0 Å². The van der Waals surface area contributed by atoms with Crippen molar-refractivity contribution in [3.8, 4) is 0 Å². The molecule has 2 aromatic carbocycles. The maximum Gasteiger partial charge on any atom is 0.412 e. The van der Waals surface area contributed by atoms with Gasteiger partial charge in [0.25, 0.3) is 0 Å². The lowest BCUT2D eigenvalue weighted by atomic mass is 9.78. The second-order valence-corrected chi connectivity index (χ2v) is 24.9. The third-order valence-electron chi connectivity index (χ3n) is 15.9. The van der Waals surface area contributed by atoms with Crippen LogP contribution in [0.15, 0.2) is 48.1 Å². The van der Waals surface area contributed by atoms with Crippen LogP contribution in [0.25, 0.3) is 0 Å². The van der Waals surface area contributed by atoms with E-state index in [9.17, 15) is 43.5 Å². The number of anilines is 2. The lowest BCUT2D eigenvalue weighted by Gasteiger charge is -2.41. The summed E-state index contributed by atoms with van der Waals surface area (Å²) in [5.74, 6) is -4.97. The first-order chi connectivity index (χ1) is 39.1. The Hall–Kier alpha value is -4.77. The van der Waals surface area contributed by atoms with E-state index in [1.807, 2.05) is 26.0 Å². The average molecular weight is 1330 g/mol. The number of primary amides is 1. The number of nitrogens with one attached hydrogen (secondary N) is 3. The van der Waals surface area contributed by atoms with E-state index in [2.05, 4.69) is 47.8 Å². The predicted molar refractivity (Wildman–Crippen MR) is 323 cm³/mol. The van der Waals surface area contributed by atoms with Crippen molar-refractivity contribution in [1.82, 2.24) is 10.6 Å². The maximum atomic E-state index is 16.2. The highest BCUT2D eigenvalue weighted by molar-refractivity contribution is 9.09. The number of carbonyl (C=O) groups excluding carboxylic acids is 8. The zero-order valence-electron chi connectivity index (χ0n) is 48.5. The number of halogens is 5. The molecule has 2 fully saturated rings. The standard InChI is InChI=1S/C60H80Br2Cl2FN5O13/c1-33(2)41(26-40(71)16-11-9-10-12-18-47(72)39(31-61)32-62)56(76)68-44(17-14-20-67-57(66)77)48(73)25-38-24-42(63)45(27-43(38)65)69-58(78)82-51-28-52(74)70(7)46-23-37(22-35(4)54(46)64)21-34(3)15-13-19-50(80-8)60(79)29-49(81-53(75)30-60)36(5)55-59(51,6)83-55/h13,15,19,22-24,27,33,36,39,41,44,49-51,55,79H,9-12,14,16-18,20-21,25-26,28-32H2,1-8H3,(H,68,76)(H,69,78)(H3,66,67,77)/b19-13+,34-15+/t36-,41+,44+,49+,50-,51+,55+,59+,60-/m1/s1. The van der Waals surface area contributed by atoms with Gasteiger partial charge in [-0.05, 0) is 93.7 Å². The molecule has 18 nitrogen and oxygen atoms in total. The zero-order chi connectivity index (χ0) is 61.5. The molecule has 0 aliphatic carbocycles. The second kappa shape index (κ2) is 31.6. The van der Waals surface area contributed by atoms with Gasteiger partial charge in [0, 0.05) is 81.2 Å². The fourth-order valence-corrected chi connectivity index (χ4v) is 13.0. The molecule has 23 heteroatoms. The minimum absolute atomic E-state index is 0.0248. The topological polar surface area (TPSA) is 262 Å². The molecule has 0 unspecified atom stereocenters. The molecule has 2 aromatic rings. The summed E-state index contributed by atoms with van der Waals surface area (Å²) in [5, 5.41) is 21.0. The third kappa shape index (κ3) is 19.4. The molecule has 6 N–H and O–H groups in total. The van der Waals surface area contributed by atoms with Crippen LogP contribution in [-0.4, -0.2) is 125 Å². The highest BCUT2D eigenvalue weighted by atomic mass is 79.9. The van der Waals surface area contributed by atoms with Gasteiger partial charge in [0.15, 0.2) is 5.78 Å². The van der Waals surface area contributed by atoms with Gasteiger partial charge >= 0.3 is 18.1 Å². The summed E-state index contributed by atoms with van der Waals surface area (Å²) in [6, 6.07) is 3.80. The van der Waals surface area contributed by atoms with E-state index in [1.165, 1.54) is 12.0 Å².